The Kier molecular flexibility index (Phi) is 5.15. The number of nitrogens with zero attached hydrogens (tertiary/aromatic N) is 1. The lowest BCUT2D eigenvalue weighted by atomic mass is 10.1. The molecule has 0 bridgehead atoms. The van der Waals surface area contributed by atoms with Gasteiger partial charge in [-0.1, -0.05) is 12.1 Å². The minimum Gasteiger partial charge on any atom is -0.396 e. The smallest absolute Gasteiger partial charge is 0.227 e. The van der Waals surface area contributed by atoms with Crippen molar-refractivity contribution in [2.24, 2.45) is 0 Å². The molecular formula is C16H24N2O2. The number of hydrogen-bond donors (Lipinski definition) is 2. The van der Waals surface area contributed by atoms with Gasteiger partial charge in [0.25, 0.3) is 0 Å². The minimum absolute atomic E-state index is 0.205. The summed E-state index contributed by atoms with van der Waals surface area (Å²) < 4.78 is 0. The Morgan fingerprint density at radius 2 is 2.00 bits per heavy atom. The van der Waals surface area contributed by atoms with Crippen LogP contribution in [0, 0.1) is 0 Å². The lowest BCUT2D eigenvalue weighted by Crippen LogP contribution is -2.29. The summed E-state index contributed by atoms with van der Waals surface area (Å²) in [5, 5.41) is 12.4. The van der Waals surface area contributed by atoms with Crippen molar-refractivity contribution in [2.75, 3.05) is 18.1 Å². The summed E-state index contributed by atoms with van der Waals surface area (Å²) in [6.45, 7) is 5.23. The third kappa shape index (κ3) is 3.58. The average Bonchev–Trinajstić information content (AvgIpc) is 2.85. The van der Waals surface area contributed by atoms with Crippen molar-refractivity contribution in [3.8, 4) is 0 Å². The van der Waals surface area contributed by atoms with Gasteiger partial charge in [-0.25, -0.2) is 0 Å². The molecule has 1 amide bonds. The van der Waals surface area contributed by atoms with Crippen LogP contribution in [0.4, 0.5) is 5.69 Å². The topological polar surface area (TPSA) is 52.6 Å². The second-order valence-electron chi connectivity index (χ2n) is 5.54. The van der Waals surface area contributed by atoms with Crippen molar-refractivity contribution in [1.29, 1.82) is 0 Å². The molecule has 1 heterocycles. The lowest BCUT2D eigenvalue weighted by Gasteiger charge is -2.21. The number of nitrogens with one attached hydrogen (secondary N) is 1. The number of amides is 1. The number of anilines is 1. The molecule has 2 rings (SSSR count). The van der Waals surface area contributed by atoms with Gasteiger partial charge in [-0.15, -0.1) is 0 Å². The van der Waals surface area contributed by atoms with Gasteiger partial charge in [-0.05, 0) is 44.4 Å². The summed E-state index contributed by atoms with van der Waals surface area (Å²) in [5.74, 6) is 0.223. The van der Waals surface area contributed by atoms with Crippen molar-refractivity contribution in [1.82, 2.24) is 5.32 Å². The van der Waals surface area contributed by atoms with E-state index in [-0.39, 0.29) is 24.6 Å². The summed E-state index contributed by atoms with van der Waals surface area (Å²) in [7, 11) is 0. The van der Waals surface area contributed by atoms with E-state index in [0.29, 0.717) is 6.42 Å². The number of benzene rings is 1. The molecular weight excluding hydrogens is 252 g/mol. The highest BCUT2D eigenvalue weighted by molar-refractivity contribution is 5.95. The molecule has 1 fully saturated rings. The molecule has 4 heteroatoms. The average molecular weight is 276 g/mol. The first-order chi connectivity index (χ1) is 9.61. The van der Waals surface area contributed by atoms with Crippen LogP contribution in [0.25, 0.3) is 0 Å². The zero-order valence-electron chi connectivity index (χ0n) is 12.3. The molecule has 2 atom stereocenters. The Morgan fingerprint density at radius 3 is 2.55 bits per heavy atom. The van der Waals surface area contributed by atoms with Gasteiger partial charge in [-0.2, -0.15) is 0 Å². The molecule has 0 saturated carbocycles. The number of carbonyl (C=O) groups is 1. The summed E-state index contributed by atoms with van der Waals surface area (Å²) in [5.41, 5.74) is 2.19. The molecule has 1 aliphatic rings. The minimum atomic E-state index is 0.205. The molecule has 1 aromatic carbocycles. The Balaban J connectivity index is 1.98. The van der Waals surface area contributed by atoms with Gasteiger partial charge >= 0.3 is 0 Å². The molecule has 4 nitrogen and oxygen atoms in total. The Morgan fingerprint density at radius 1 is 1.30 bits per heavy atom. The Labute approximate surface area is 120 Å². The van der Waals surface area contributed by atoms with Crippen molar-refractivity contribution in [3.63, 3.8) is 0 Å². The molecule has 1 saturated heterocycles. The van der Waals surface area contributed by atoms with Crippen molar-refractivity contribution >= 4 is 11.6 Å². The monoisotopic (exact) mass is 276 g/mol. The van der Waals surface area contributed by atoms with Crippen molar-refractivity contribution < 1.29 is 9.90 Å². The summed E-state index contributed by atoms with van der Waals surface area (Å²) in [6, 6.07) is 8.71. The van der Waals surface area contributed by atoms with Gasteiger partial charge in [0, 0.05) is 37.3 Å². The largest absolute Gasteiger partial charge is 0.396 e. The van der Waals surface area contributed by atoms with E-state index in [1.165, 1.54) is 5.56 Å². The van der Waals surface area contributed by atoms with Gasteiger partial charge in [0.05, 0.1) is 0 Å². The predicted molar refractivity (Wildman–Crippen MR) is 80.7 cm³/mol. The van der Waals surface area contributed by atoms with Crippen LogP contribution in [-0.4, -0.2) is 30.2 Å². The van der Waals surface area contributed by atoms with E-state index in [1.54, 1.807) is 0 Å². The maximum absolute atomic E-state index is 11.7. The molecule has 110 valence electrons. The third-order valence-electron chi connectivity index (χ3n) is 3.87. The van der Waals surface area contributed by atoms with E-state index in [0.717, 1.165) is 25.1 Å². The summed E-state index contributed by atoms with van der Waals surface area (Å²) in [6.07, 6.45) is 2.38. The number of hydrogen-bond acceptors (Lipinski definition) is 3. The Bertz CT molecular complexity index is 444. The number of rotatable bonds is 6. The molecule has 1 aliphatic heterocycles. The number of aliphatic hydroxyl groups is 1. The van der Waals surface area contributed by atoms with E-state index < -0.39 is 0 Å². The first-order valence-electron chi connectivity index (χ1n) is 7.39. The Hall–Kier alpha value is -1.39. The van der Waals surface area contributed by atoms with Crippen LogP contribution in [0.5, 0.6) is 0 Å². The molecule has 2 N–H and O–H groups in total. The normalized spacial score (nSPS) is 18.4. The van der Waals surface area contributed by atoms with Crippen molar-refractivity contribution in [2.45, 2.75) is 45.2 Å². The van der Waals surface area contributed by atoms with Gasteiger partial charge in [-0.3, -0.25) is 4.79 Å². The lowest BCUT2D eigenvalue weighted by molar-refractivity contribution is -0.117. The third-order valence-corrected chi connectivity index (χ3v) is 3.87. The second-order valence-corrected chi connectivity index (χ2v) is 5.54. The van der Waals surface area contributed by atoms with E-state index in [4.69, 9.17) is 5.11 Å². The van der Waals surface area contributed by atoms with Crippen LogP contribution in [0.1, 0.15) is 44.7 Å². The summed E-state index contributed by atoms with van der Waals surface area (Å²) in [4.78, 5) is 13.6. The molecule has 0 radical (unpaired) electrons. The van der Waals surface area contributed by atoms with E-state index in [2.05, 4.69) is 31.3 Å². The van der Waals surface area contributed by atoms with Gasteiger partial charge in [0.2, 0.25) is 5.91 Å². The highest BCUT2D eigenvalue weighted by Gasteiger charge is 2.21. The number of aliphatic hydroxyl groups excluding tert-OH is 1. The highest BCUT2D eigenvalue weighted by Crippen LogP contribution is 2.23. The molecule has 1 unspecified atom stereocenters. The fourth-order valence-electron chi connectivity index (χ4n) is 2.66. The molecule has 20 heavy (non-hydrogen) atoms. The SMILES string of the molecule is CC(N[C@H](C)CCO)c1ccc(N2CCCC2=O)cc1. The molecule has 0 spiro atoms. The van der Waals surface area contributed by atoms with Crippen LogP contribution in [0.2, 0.25) is 0 Å². The van der Waals surface area contributed by atoms with Crippen LogP contribution in [0.3, 0.4) is 0 Å². The van der Waals surface area contributed by atoms with E-state index in [9.17, 15) is 4.79 Å². The van der Waals surface area contributed by atoms with Gasteiger partial charge < -0.3 is 15.3 Å². The first-order valence-corrected chi connectivity index (χ1v) is 7.39. The zero-order chi connectivity index (χ0) is 14.5. The van der Waals surface area contributed by atoms with Gasteiger partial charge in [0.1, 0.15) is 0 Å². The van der Waals surface area contributed by atoms with Crippen LogP contribution < -0.4 is 10.2 Å². The first kappa shape index (κ1) is 15.0. The second kappa shape index (κ2) is 6.86. The van der Waals surface area contributed by atoms with Crippen LogP contribution in [0.15, 0.2) is 24.3 Å². The maximum Gasteiger partial charge on any atom is 0.227 e. The molecule has 0 aromatic heterocycles. The maximum atomic E-state index is 11.7. The fraction of sp³-hybridized carbons (Fsp3) is 0.562. The molecule has 0 aliphatic carbocycles. The standard InChI is InChI=1S/C16H24N2O2/c1-12(9-11-19)17-13(2)14-5-7-15(8-6-14)18-10-3-4-16(18)20/h5-8,12-13,17,19H,3-4,9-11H2,1-2H3/t12-,13?/m1/s1. The van der Waals surface area contributed by atoms with Crippen molar-refractivity contribution in [3.05, 3.63) is 29.8 Å². The quantitative estimate of drug-likeness (QED) is 0.838. The predicted octanol–water partition coefficient (Wildman–Crippen LogP) is 2.23. The van der Waals surface area contributed by atoms with Crippen LogP contribution in [-0.2, 0) is 4.79 Å². The van der Waals surface area contributed by atoms with Crippen LogP contribution >= 0.6 is 0 Å². The zero-order valence-corrected chi connectivity index (χ0v) is 12.3. The fourth-order valence-corrected chi connectivity index (χ4v) is 2.66. The van der Waals surface area contributed by atoms with E-state index >= 15 is 0 Å². The van der Waals surface area contributed by atoms with E-state index in [1.807, 2.05) is 17.0 Å². The number of carbonyl (C=O) groups excluding carboxylic acids is 1. The summed E-state index contributed by atoms with van der Waals surface area (Å²) >= 11 is 0. The highest BCUT2D eigenvalue weighted by atomic mass is 16.3. The van der Waals surface area contributed by atoms with Gasteiger partial charge in [0.15, 0.2) is 0 Å². The molecule has 1 aromatic rings.